The van der Waals surface area contributed by atoms with Gasteiger partial charge in [0.15, 0.2) is 5.82 Å². The van der Waals surface area contributed by atoms with Crippen molar-refractivity contribution in [2.24, 2.45) is 12.2 Å². The van der Waals surface area contributed by atoms with Crippen LogP contribution in [0.1, 0.15) is 5.69 Å². The van der Waals surface area contributed by atoms with E-state index in [1.807, 2.05) is 0 Å². The normalized spacial score (nSPS) is 11.3. The number of carbonyl (C=O) groups is 1. The van der Waals surface area contributed by atoms with E-state index in [-0.39, 0.29) is 17.1 Å². The van der Waals surface area contributed by atoms with E-state index < -0.39 is 15.9 Å². The summed E-state index contributed by atoms with van der Waals surface area (Å²) in [4.78, 5) is 15.6. The fraction of sp³-hybridized carbons (Fsp3) is 0.182. The van der Waals surface area contributed by atoms with Crippen LogP contribution in [0.2, 0.25) is 0 Å². The van der Waals surface area contributed by atoms with Crippen LogP contribution < -0.4 is 10.5 Å². The number of nitrogens with one attached hydrogen (secondary N) is 1. The number of nitrogens with two attached hydrogens (primary N) is 1. The summed E-state index contributed by atoms with van der Waals surface area (Å²) in [5.41, 5.74) is 0.568. The Morgan fingerprint density at radius 3 is 2.80 bits per heavy atom. The zero-order valence-corrected chi connectivity index (χ0v) is 11.5. The van der Waals surface area contributed by atoms with Crippen LogP contribution in [-0.2, 0) is 28.3 Å². The Labute approximate surface area is 115 Å². The molecule has 3 N–H and O–H groups in total. The van der Waals surface area contributed by atoms with Gasteiger partial charge in [0.1, 0.15) is 4.90 Å². The van der Waals surface area contributed by atoms with Gasteiger partial charge >= 0.3 is 0 Å². The van der Waals surface area contributed by atoms with Gasteiger partial charge in [0, 0.05) is 25.1 Å². The lowest BCUT2D eigenvalue weighted by molar-refractivity contribution is -0.115. The number of sulfonamides is 1. The maximum absolute atomic E-state index is 11.8. The van der Waals surface area contributed by atoms with Crippen molar-refractivity contribution in [2.45, 2.75) is 11.3 Å². The van der Waals surface area contributed by atoms with Crippen molar-refractivity contribution in [3.05, 3.63) is 36.3 Å². The predicted octanol–water partition coefficient (Wildman–Crippen LogP) is -0.356. The van der Waals surface area contributed by atoms with Crippen LogP contribution in [0.3, 0.4) is 0 Å². The van der Waals surface area contributed by atoms with Crippen molar-refractivity contribution in [2.75, 3.05) is 5.32 Å². The van der Waals surface area contributed by atoms with Crippen molar-refractivity contribution in [3.63, 3.8) is 0 Å². The molecule has 2 aromatic rings. The van der Waals surface area contributed by atoms with Gasteiger partial charge in [0.05, 0.1) is 6.42 Å². The average Bonchev–Trinajstić information content (AvgIpc) is 2.71. The Balaban J connectivity index is 2.17. The molecular weight excluding hydrogens is 282 g/mol. The molecule has 0 aliphatic carbocycles. The molecule has 8 nitrogen and oxygen atoms in total. The van der Waals surface area contributed by atoms with Crippen LogP contribution in [0.4, 0.5) is 5.82 Å². The van der Waals surface area contributed by atoms with Crippen molar-refractivity contribution in [3.8, 4) is 0 Å². The third-order valence-corrected chi connectivity index (χ3v) is 3.34. The number of primary sulfonamides is 1. The van der Waals surface area contributed by atoms with Gasteiger partial charge in [-0.3, -0.25) is 14.5 Å². The summed E-state index contributed by atoms with van der Waals surface area (Å²) in [5, 5.41) is 11.3. The summed E-state index contributed by atoms with van der Waals surface area (Å²) in [5.74, 6) is -0.511. The van der Waals surface area contributed by atoms with E-state index in [9.17, 15) is 13.2 Å². The summed E-state index contributed by atoms with van der Waals surface area (Å²) in [6, 6.07) is 5.18. The fourth-order valence-corrected chi connectivity index (χ4v) is 2.27. The summed E-state index contributed by atoms with van der Waals surface area (Å²) in [6.45, 7) is 0. The number of anilines is 1. The van der Waals surface area contributed by atoms with Crippen LogP contribution in [-0.4, -0.2) is 29.1 Å². The van der Waals surface area contributed by atoms with Gasteiger partial charge in [0.2, 0.25) is 15.9 Å². The van der Waals surface area contributed by atoms with Gasteiger partial charge in [-0.2, -0.15) is 5.10 Å². The first-order chi connectivity index (χ1) is 9.36. The quantitative estimate of drug-likeness (QED) is 0.798. The molecule has 2 rings (SSSR count). The molecule has 0 unspecified atom stereocenters. The molecule has 20 heavy (non-hydrogen) atoms. The highest BCUT2D eigenvalue weighted by Crippen LogP contribution is 2.17. The number of amides is 1. The first kappa shape index (κ1) is 14.2. The predicted molar refractivity (Wildman–Crippen MR) is 71.2 cm³/mol. The number of rotatable bonds is 4. The second-order valence-corrected chi connectivity index (χ2v) is 5.64. The molecule has 1 amide bonds. The van der Waals surface area contributed by atoms with Crippen molar-refractivity contribution in [1.82, 2.24) is 14.8 Å². The minimum Gasteiger partial charge on any atom is -0.308 e. The monoisotopic (exact) mass is 295 g/mol. The smallest absolute Gasteiger partial charge is 0.243 e. The third kappa shape index (κ3) is 3.39. The highest BCUT2D eigenvalue weighted by atomic mass is 32.2. The maximum atomic E-state index is 11.8. The number of pyridine rings is 1. The number of hydrogen-bond acceptors (Lipinski definition) is 5. The average molecular weight is 295 g/mol. The molecule has 2 heterocycles. The van der Waals surface area contributed by atoms with Gasteiger partial charge in [-0.05, 0) is 12.1 Å². The lowest BCUT2D eigenvalue weighted by Gasteiger charge is -2.03. The van der Waals surface area contributed by atoms with E-state index in [0.29, 0.717) is 5.69 Å². The third-order valence-electron chi connectivity index (χ3n) is 2.43. The number of nitrogens with zero attached hydrogens (tertiary/aromatic N) is 3. The minimum atomic E-state index is -3.94. The van der Waals surface area contributed by atoms with E-state index in [0.717, 1.165) is 0 Å². The van der Waals surface area contributed by atoms with Crippen molar-refractivity contribution < 1.29 is 13.2 Å². The SMILES string of the molecule is Cn1cc(S(N)(=O)=O)c(NC(=O)Cc2ccccn2)n1. The largest absolute Gasteiger partial charge is 0.308 e. The van der Waals surface area contributed by atoms with Gasteiger partial charge in [-0.1, -0.05) is 6.07 Å². The Hall–Kier alpha value is -2.26. The van der Waals surface area contributed by atoms with E-state index in [1.165, 1.54) is 17.9 Å². The summed E-state index contributed by atoms with van der Waals surface area (Å²) in [6.07, 6.45) is 2.81. The molecule has 0 radical (unpaired) electrons. The van der Waals surface area contributed by atoms with E-state index in [1.54, 1.807) is 24.4 Å². The number of hydrogen-bond donors (Lipinski definition) is 2. The zero-order chi connectivity index (χ0) is 14.8. The molecule has 9 heteroatoms. The molecule has 106 valence electrons. The molecule has 0 bridgehead atoms. The van der Waals surface area contributed by atoms with E-state index in [4.69, 9.17) is 5.14 Å². The molecule has 0 fully saturated rings. The molecule has 0 saturated carbocycles. The van der Waals surface area contributed by atoms with E-state index >= 15 is 0 Å². The highest BCUT2D eigenvalue weighted by Gasteiger charge is 2.20. The number of aryl methyl sites for hydroxylation is 1. The molecular formula is C11H13N5O3S. The van der Waals surface area contributed by atoms with Gasteiger partial charge in [-0.25, -0.2) is 13.6 Å². The lowest BCUT2D eigenvalue weighted by atomic mass is 10.2. The number of carbonyl (C=O) groups excluding carboxylic acids is 1. The van der Waals surface area contributed by atoms with Crippen LogP contribution in [0.25, 0.3) is 0 Å². The molecule has 0 saturated heterocycles. The summed E-state index contributed by atoms with van der Waals surface area (Å²) < 4.78 is 24.0. The molecule has 0 aliphatic rings. The Morgan fingerprint density at radius 1 is 1.45 bits per heavy atom. The Kier molecular flexibility index (Phi) is 3.81. The first-order valence-corrected chi connectivity index (χ1v) is 7.17. The zero-order valence-electron chi connectivity index (χ0n) is 10.6. The van der Waals surface area contributed by atoms with Crippen LogP contribution >= 0.6 is 0 Å². The topological polar surface area (TPSA) is 120 Å². The van der Waals surface area contributed by atoms with Crippen molar-refractivity contribution >= 4 is 21.7 Å². The lowest BCUT2D eigenvalue weighted by Crippen LogP contribution is -2.19. The van der Waals surface area contributed by atoms with Gasteiger partial charge in [-0.15, -0.1) is 0 Å². The molecule has 0 atom stereocenters. The number of aromatic nitrogens is 3. The van der Waals surface area contributed by atoms with Crippen LogP contribution in [0.15, 0.2) is 35.5 Å². The summed E-state index contributed by atoms with van der Waals surface area (Å²) in [7, 11) is -2.41. The Morgan fingerprint density at radius 2 is 2.20 bits per heavy atom. The standard InChI is InChI=1S/C11H13N5O3S/c1-16-7-9(20(12,18)19)11(15-16)14-10(17)6-8-4-2-3-5-13-8/h2-5,7H,6H2,1H3,(H2,12,18,19)(H,14,15,17). The molecule has 0 aromatic carbocycles. The maximum Gasteiger partial charge on any atom is 0.243 e. The minimum absolute atomic E-state index is 0.0154. The molecule has 0 spiro atoms. The van der Waals surface area contributed by atoms with Crippen molar-refractivity contribution in [1.29, 1.82) is 0 Å². The molecule has 2 aromatic heterocycles. The van der Waals surface area contributed by atoms with Gasteiger partial charge in [0.25, 0.3) is 0 Å². The van der Waals surface area contributed by atoms with Crippen LogP contribution in [0, 0.1) is 0 Å². The van der Waals surface area contributed by atoms with E-state index in [2.05, 4.69) is 15.4 Å². The second kappa shape index (κ2) is 5.39. The molecule has 0 aliphatic heterocycles. The van der Waals surface area contributed by atoms with Gasteiger partial charge < -0.3 is 5.32 Å². The first-order valence-electron chi connectivity index (χ1n) is 5.62. The second-order valence-electron chi connectivity index (χ2n) is 4.11. The Bertz CT molecular complexity index is 724. The highest BCUT2D eigenvalue weighted by molar-refractivity contribution is 7.89. The van der Waals surface area contributed by atoms with Crippen LogP contribution in [0.5, 0.6) is 0 Å². The summed E-state index contributed by atoms with van der Waals surface area (Å²) >= 11 is 0. The fourth-order valence-electron chi connectivity index (χ4n) is 1.60.